The topological polar surface area (TPSA) is 62.7 Å². The first-order valence-electron chi connectivity index (χ1n) is 8.55. The number of hydrogen-bond donors (Lipinski definition) is 1. The number of amides is 1. The minimum atomic E-state index is 0. The second-order valence-electron chi connectivity index (χ2n) is 7.08. The number of fused-ring (bicyclic) bond motifs is 2. The van der Waals surface area contributed by atoms with Crippen molar-refractivity contribution < 1.29 is 9.21 Å². The molecule has 3 aliphatic rings. The molecular weight excluding hydrogens is 349 g/mol. The largest absolute Gasteiger partial charge is 0.467 e. The summed E-state index contributed by atoms with van der Waals surface area (Å²) in [6.07, 6.45) is 7.24. The number of halogens is 2. The van der Waals surface area contributed by atoms with Crippen LogP contribution in [0.4, 0.5) is 0 Å². The Labute approximate surface area is 155 Å². The van der Waals surface area contributed by atoms with Gasteiger partial charge in [0.25, 0.3) is 5.91 Å². The lowest BCUT2D eigenvalue weighted by Crippen LogP contribution is -2.53. The van der Waals surface area contributed by atoms with Crippen LogP contribution in [-0.4, -0.2) is 47.9 Å². The van der Waals surface area contributed by atoms with Crippen molar-refractivity contribution in [2.45, 2.75) is 38.3 Å². The molecule has 24 heavy (non-hydrogen) atoms. The third kappa shape index (κ3) is 3.59. The van der Waals surface area contributed by atoms with Gasteiger partial charge in [-0.3, -0.25) is 9.69 Å². The Morgan fingerprint density at radius 3 is 2.46 bits per heavy atom. The SMILES string of the molecule is Cl.Cl.NCc1cc(C(=O)N2CCN(C3CC4CCC3C4)CC2)co1. The number of rotatable bonds is 3. The number of hydrogen-bond acceptors (Lipinski definition) is 4. The monoisotopic (exact) mass is 375 g/mol. The summed E-state index contributed by atoms with van der Waals surface area (Å²) in [5, 5.41) is 0. The summed E-state index contributed by atoms with van der Waals surface area (Å²) < 4.78 is 5.28. The van der Waals surface area contributed by atoms with Gasteiger partial charge in [-0.2, -0.15) is 0 Å². The number of nitrogens with two attached hydrogens (primary N) is 1. The highest BCUT2D eigenvalue weighted by Crippen LogP contribution is 2.46. The Hall–Kier alpha value is -0.750. The first-order chi connectivity index (χ1) is 10.7. The van der Waals surface area contributed by atoms with Gasteiger partial charge in [-0.05, 0) is 37.2 Å². The van der Waals surface area contributed by atoms with E-state index < -0.39 is 0 Å². The van der Waals surface area contributed by atoms with Gasteiger partial charge < -0.3 is 15.1 Å². The molecule has 2 N–H and O–H groups in total. The predicted molar refractivity (Wildman–Crippen MR) is 97.8 cm³/mol. The quantitative estimate of drug-likeness (QED) is 0.881. The molecule has 3 atom stereocenters. The lowest BCUT2D eigenvalue weighted by atomic mass is 9.93. The molecule has 3 unspecified atom stereocenters. The predicted octanol–water partition coefficient (Wildman–Crippen LogP) is 2.53. The molecule has 2 aliphatic carbocycles. The fourth-order valence-electron chi connectivity index (χ4n) is 4.70. The Balaban J connectivity index is 0.00000104. The molecule has 136 valence electrons. The second kappa shape index (κ2) is 8.09. The Bertz CT molecular complexity index is 558. The van der Waals surface area contributed by atoms with Crippen molar-refractivity contribution in [2.75, 3.05) is 26.2 Å². The summed E-state index contributed by atoms with van der Waals surface area (Å²) in [5.74, 6) is 2.66. The van der Waals surface area contributed by atoms with Crippen LogP contribution < -0.4 is 5.73 Å². The van der Waals surface area contributed by atoms with E-state index in [4.69, 9.17) is 10.2 Å². The zero-order valence-electron chi connectivity index (χ0n) is 13.9. The van der Waals surface area contributed by atoms with Crippen LogP contribution >= 0.6 is 24.8 Å². The molecule has 0 spiro atoms. The van der Waals surface area contributed by atoms with Crippen molar-refractivity contribution in [3.05, 3.63) is 23.7 Å². The van der Waals surface area contributed by atoms with Gasteiger partial charge in [0, 0.05) is 32.2 Å². The molecule has 3 fully saturated rings. The smallest absolute Gasteiger partial charge is 0.257 e. The first kappa shape index (κ1) is 19.6. The van der Waals surface area contributed by atoms with Crippen molar-refractivity contribution in [1.29, 1.82) is 0 Å². The van der Waals surface area contributed by atoms with Gasteiger partial charge in [0.15, 0.2) is 0 Å². The average molecular weight is 376 g/mol. The van der Waals surface area contributed by atoms with Crippen molar-refractivity contribution in [2.24, 2.45) is 17.6 Å². The molecule has 1 aromatic rings. The zero-order chi connectivity index (χ0) is 15.1. The fraction of sp³-hybridized carbons (Fsp3) is 0.706. The summed E-state index contributed by atoms with van der Waals surface area (Å²) in [6.45, 7) is 4.03. The molecule has 4 rings (SSSR count). The molecule has 1 aliphatic heterocycles. The molecule has 2 bridgehead atoms. The number of carbonyl (C=O) groups is 1. The third-order valence-electron chi connectivity index (χ3n) is 5.87. The van der Waals surface area contributed by atoms with Crippen molar-refractivity contribution in [3.63, 3.8) is 0 Å². The van der Waals surface area contributed by atoms with Crippen molar-refractivity contribution in [3.8, 4) is 0 Å². The Kier molecular flexibility index (Phi) is 6.59. The van der Waals surface area contributed by atoms with Gasteiger partial charge in [-0.25, -0.2) is 0 Å². The lowest BCUT2D eigenvalue weighted by Gasteiger charge is -2.40. The maximum atomic E-state index is 12.5. The highest BCUT2D eigenvalue weighted by molar-refractivity contribution is 5.94. The second-order valence-corrected chi connectivity index (χ2v) is 7.08. The van der Waals surface area contributed by atoms with Crippen LogP contribution in [0, 0.1) is 11.8 Å². The number of furan rings is 1. The molecule has 1 amide bonds. The van der Waals surface area contributed by atoms with Gasteiger partial charge in [0.1, 0.15) is 12.0 Å². The number of piperazine rings is 1. The molecule has 1 aromatic heterocycles. The van der Waals surface area contributed by atoms with Crippen LogP contribution in [0.15, 0.2) is 16.7 Å². The maximum Gasteiger partial charge on any atom is 0.257 e. The van der Waals surface area contributed by atoms with Crippen molar-refractivity contribution in [1.82, 2.24) is 9.80 Å². The summed E-state index contributed by atoms with van der Waals surface area (Å²) in [6, 6.07) is 2.55. The molecule has 5 nitrogen and oxygen atoms in total. The molecule has 1 saturated heterocycles. The van der Waals surface area contributed by atoms with Gasteiger partial charge in [0.2, 0.25) is 0 Å². The molecule has 0 radical (unpaired) electrons. The summed E-state index contributed by atoms with van der Waals surface area (Å²) in [7, 11) is 0. The number of nitrogens with zero attached hydrogens (tertiary/aromatic N) is 2. The van der Waals surface area contributed by atoms with E-state index in [0.717, 1.165) is 44.1 Å². The van der Waals surface area contributed by atoms with E-state index in [9.17, 15) is 4.79 Å². The van der Waals surface area contributed by atoms with Crippen molar-refractivity contribution >= 4 is 30.7 Å². The highest BCUT2D eigenvalue weighted by Gasteiger charge is 2.42. The first-order valence-corrected chi connectivity index (χ1v) is 8.55. The zero-order valence-corrected chi connectivity index (χ0v) is 15.5. The van der Waals surface area contributed by atoms with E-state index in [1.165, 1.54) is 31.9 Å². The van der Waals surface area contributed by atoms with E-state index in [1.807, 2.05) is 4.90 Å². The summed E-state index contributed by atoms with van der Waals surface area (Å²) >= 11 is 0. The van der Waals surface area contributed by atoms with Gasteiger partial charge in [-0.15, -0.1) is 24.8 Å². The van der Waals surface area contributed by atoms with E-state index in [-0.39, 0.29) is 30.7 Å². The summed E-state index contributed by atoms with van der Waals surface area (Å²) in [5.41, 5.74) is 6.17. The minimum absolute atomic E-state index is 0. The summed E-state index contributed by atoms with van der Waals surface area (Å²) in [4.78, 5) is 17.1. The minimum Gasteiger partial charge on any atom is -0.467 e. The van der Waals surface area contributed by atoms with Crippen LogP contribution in [0.2, 0.25) is 0 Å². The maximum absolute atomic E-state index is 12.5. The van der Waals surface area contributed by atoms with E-state index >= 15 is 0 Å². The molecule has 0 aromatic carbocycles. The lowest BCUT2D eigenvalue weighted by molar-refractivity contribution is 0.0495. The van der Waals surface area contributed by atoms with Crippen LogP contribution in [0.5, 0.6) is 0 Å². The third-order valence-corrected chi connectivity index (χ3v) is 5.87. The van der Waals surface area contributed by atoms with Gasteiger partial charge >= 0.3 is 0 Å². The van der Waals surface area contributed by atoms with E-state index in [1.54, 1.807) is 6.07 Å². The number of carbonyl (C=O) groups excluding carboxylic acids is 1. The molecule has 2 saturated carbocycles. The fourth-order valence-corrected chi connectivity index (χ4v) is 4.70. The van der Waals surface area contributed by atoms with Crippen LogP contribution in [0.1, 0.15) is 41.8 Å². The van der Waals surface area contributed by atoms with Crippen LogP contribution in [0.3, 0.4) is 0 Å². The molecular formula is C17H27Cl2N3O2. The van der Waals surface area contributed by atoms with Gasteiger partial charge in [-0.1, -0.05) is 6.42 Å². The van der Waals surface area contributed by atoms with E-state index in [2.05, 4.69) is 4.90 Å². The Morgan fingerprint density at radius 1 is 1.17 bits per heavy atom. The normalized spacial score (nSPS) is 29.2. The van der Waals surface area contributed by atoms with E-state index in [0.29, 0.717) is 17.9 Å². The average Bonchev–Trinajstić information content (AvgIpc) is 3.30. The molecule has 2 heterocycles. The standard InChI is InChI=1S/C17H25N3O2.2ClH/c18-10-15-9-14(11-22-15)17(21)20-5-3-19(4-6-20)16-8-12-1-2-13(16)7-12;;/h9,11-13,16H,1-8,10,18H2;2*1H. The Morgan fingerprint density at radius 2 is 1.92 bits per heavy atom. The van der Waals surface area contributed by atoms with Crippen LogP contribution in [-0.2, 0) is 6.54 Å². The molecule has 7 heteroatoms. The van der Waals surface area contributed by atoms with Crippen LogP contribution in [0.25, 0.3) is 0 Å². The van der Waals surface area contributed by atoms with Gasteiger partial charge in [0.05, 0.1) is 12.1 Å². The highest BCUT2D eigenvalue weighted by atomic mass is 35.5.